The van der Waals surface area contributed by atoms with Crippen LogP contribution in [0.3, 0.4) is 0 Å². The first kappa shape index (κ1) is 72.5. The van der Waals surface area contributed by atoms with E-state index in [-0.39, 0.29) is 63.0 Å². The minimum absolute atomic E-state index is 0.0352. The van der Waals surface area contributed by atoms with Crippen LogP contribution in [0.15, 0.2) is 110 Å². The summed E-state index contributed by atoms with van der Waals surface area (Å²) in [4.78, 5) is 158. The standard InChI is InChI=1S/C68H81F2N15O11S2/c1-38-61(90)81-55(29-46-32-73-37-77-46)65(94)83-56(24-39-10-14-47(86)15-11-39)66(95)85-21-6-19-68(85,2)67(96)84-57(60(72)89)36-98-35-41-8-5-7-40(23-41)34-97-22-18-58(87)79-52(9-3-4-20-71)62(91)76-33-59(88)80-53(25-42-30-74-50-16-12-44(69)27-48(42)50)64(93)82-54(63(92)78-38)26-43-31-75-51-17-13-45(70)28-49(43)51/h5,7-8,10-17,23,27-28,30-32,37-38,52-57,74-75,86H,3-4,6,9,18-22,24-26,29,33-36,71H2,1-2H3,(H2,72,89)(H,73,77)(H,76,91)(H,78,92)(H,79,87)(H,80,88)(H,81,90)(H,82,93)(H,83,94)(H,84,96)/t38-,52-,53-,54-,55-,56-,57-,68-/m0/s1. The van der Waals surface area contributed by atoms with Crippen molar-refractivity contribution in [3.63, 3.8) is 0 Å². The van der Waals surface area contributed by atoms with Crippen molar-refractivity contribution in [1.29, 1.82) is 0 Å². The van der Waals surface area contributed by atoms with Crippen molar-refractivity contribution in [2.45, 2.75) is 137 Å². The molecule has 0 aliphatic carbocycles. The first-order valence-corrected chi connectivity index (χ1v) is 34.5. The number of carbonyl (C=O) groups is 10. The Hall–Kier alpha value is -9.81. The summed E-state index contributed by atoms with van der Waals surface area (Å²) in [5.41, 5.74) is 14.5. The van der Waals surface area contributed by atoms with Crippen molar-refractivity contribution in [1.82, 2.24) is 67.4 Å². The molecule has 8 atom stereocenters. The van der Waals surface area contributed by atoms with E-state index in [0.29, 0.717) is 87.3 Å². The number of amides is 10. The van der Waals surface area contributed by atoms with Crippen LogP contribution in [-0.4, -0.2) is 168 Å². The number of nitrogens with one attached hydrogen (secondary N) is 11. The smallest absolute Gasteiger partial charge is 0.246 e. The minimum atomic E-state index is -1.60. The number of fused-ring (bicyclic) bond motifs is 5. The fraction of sp³-hybridized carbons (Fsp3) is 0.397. The average molecular weight is 1390 g/mol. The van der Waals surface area contributed by atoms with Gasteiger partial charge < -0.3 is 79.0 Å². The molecule has 2 aliphatic heterocycles. The van der Waals surface area contributed by atoms with Gasteiger partial charge in [-0.3, -0.25) is 47.9 Å². The molecule has 16 N–H and O–H groups in total. The molecule has 0 unspecified atom stereocenters. The normalized spacial score (nSPS) is 23.1. The lowest BCUT2D eigenvalue weighted by Gasteiger charge is -2.37. The number of nitrogens with zero attached hydrogens (tertiary/aromatic N) is 2. The molecule has 0 spiro atoms. The van der Waals surface area contributed by atoms with Gasteiger partial charge in [0.1, 0.15) is 65.2 Å². The number of phenols is 1. The summed E-state index contributed by atoms with van der Waals surface area (Å²) in [6.07, 6.45) is 6.50. The molecule has 98 heavy (non-hydrogen) atoms. The number of primary amides is 1. The van der Waals surface area contributed by atoms with E-state index in [9.17, 15) is 57.0 Å². The van der Waals surface area contributed by atoms with Crippen LogP contribution in [0.2, 0.25) is 0 Å². The van der Waals surface area contributed by atoms with Gasteiger partial charge in [-0.25, -0.2) is 13.8 Å². The van der Waals surface area contributed by atoms with Crippen LogP contribution in [0.1, 0.15) is 85.9 Å². The third kappa shape index (κ3) is 19.5. The monoisotopic (exact) mass is 1390 g/mol. The Balaban J connectivity index is 1.03. The predicted octanol–water partition coefficient (Wildman–Crippen LogP) is 2.72. The van der Waals surface area contributed by atoms with Crippen molar-refractivity contribution in [3.8, 4) is 5.75 Å². The number of aromatic nitrogens is 4. The summed E-state index contributed by atoms with van der Waals surface area (Å²) in [6.45, 7) is 2.58. The number of phenolic OH excluding ortho intramolecular Hbond substituents is 1. The Morgan fingerprint density at radius 1 is 0.663 bits per heavy atom. The highest BCUT2D eigenvalue weighted by Crippen LogP contribution is 2.32. The van der Waals surface area contributed by atoms with E-state index >= 15 is 4.79 Å². The molecule has 30 heteroatoms. The maximum atomic E-state index is 15.2. The van der Waals surface area contributed by atoms with Crippen LogP contribution in [0, 0.1) is 11.6 Å². The zero-order valence-electron chi connectivity index (χ0n) is 54.1. The van der Waals surface area contributed by atoms with Crippen molar-refractivity contribution in [2.75, 3.05) is 31.1 Å². The number of hydrogen-bond acceptors (Lipinski definition) is 15. The summed E-state index contributed by atoms with van der Waals surface area (Å²) in [5, 5.41) is 32.6. The van der Waals surface area contributed by atoms with Crippen molar-refractivity contribution >= 4 is 104 Å². The molecule has 10 amide bonds. The molecule has 26 nitrogen and oxygen atoms in total. The number of benzene rings is 4. The van der Waals surface area contributed by atoms with Gasteiger partial charge >= 0.3 is 0 Å². The Labute approximate surface area is 571 Å². The van der Waals surface area contributed by atoms with Gasteiger partial charge in [-0.1, -0.05) is 36.4 Å². The molecule has 1 fully saturated rings. The highest BCUT2D eigenvalue weighted by molar-refractivity contribution is 7.98. The van der Waals surface area contributed by atoms with E-state index in [1.54, 1.807) is 19.1 Å². The van der Waals surface area contributed by atoms with E-state index in [0.717, 1.165) is 11.1 Å². The number of aromatic amines is 3. The van der Waals surface area contributed by atoms with Gasteiger partial charge in [0.2, 0.25) is 59.1 Å². The van der Waals surface area contributed by atoms with E-state index < -0.39 is 125 Å². The molecule has 3 aromatic heterocycles. The first-order chi connectivity index (χ1) is 47.0. The Kier molecular flexibility index (Phi) is 25.1. The van der Waals surface area contributed by atoms with Gasteiger partial charge in [-0.2, -0.15) is 23.5 Å². The minimum Gasteiger partial charge on any atom is -0.508 e. The second-order valence-electron chi connectivity index (χ2n) is 24.7. The van der Waals surface area contributed by atoms with E-state index in [1.165, 1.54) is 109 Å². The zero-order chi connectivity index (χ0) is 70.0. The molecule has 9 rings (SSSR count). The molecule has 2 bridgehead atoms. The number of imidazole rings is 1. The lowest BCUT2D eigenvalue weighted by atomic mass is 9.95. The third-order valence-electron chi connectivity index (χ3n) is 17.3. The van der Waals surface area contributed by atoms with Crippen LogP contribution in [0.25, 0.3) is 21.8 Å². The molecule has 5 heterocycles. The van der Waals surface area contributed by atoms with E-state index in [1.807, 2.05) is 24.3 Å². The number of nitrogens with two attached hydrogens (primary N) is 2. The van der Waals surface area contributed by atoms with Gasteiger partial charge in [0, 0.05) is 108 Å². The number of halogens is 2. The predicted molar refractivity (Wildman–Crippen MR) is 365 cm³/mol. The van der Waals surface area contributed by atoms with Crippen molar-refractivity contribution in [3.05, 3.63) is 155 Å². The molecule has 4 aromatic carbocycles. The first-order valence-electron chi connectivity index (χ1n) is 32.2. The number of thioether (sulfide) groups is 2. The molecule has 2 aliphatic rings. The lowest BCUT2D eigenvalue weighted by Crippen LogP contribution is -2.63. The topological polar surface area (TPSA) is 403 Å². The van der Waals surface area contributed by atoms with Crippen LogP contribution >= 0.6 is 23.5 Å². The number of aromatic hydroxyl groups is 1. The Morgan fingerprint density at radius 2 is 1.27 bits per heavy atom. The Bertz CT molecular complexity index is 4020. The van der Waals surface area contributed by atoms with Crippen molar-refractivity contribution < 1.29 is 61.8 Å². The van der Waals surface area contributed by atoms with Gasteiger partial charge in [-0.15, -0.1) is 0 Å². The van der Waals surface area contributed by atoms with Gasteiger partial charge in [-0.05, 0) is 129 Å². The second kappa shape index (κ2) is 33.9. The quantitative estimate of drug-likeness (QED) is 0.0738. The summed E-state index contributed by atoms with van der Waals surface area (Å²) >= 11 is 2.83. The number of rotatable bonds is 13. The lowest BCUT2D eigenvalue weighted by molar-refractivity contribution is -0.147. The molecular weight excluding hydrogens is 1300 g/mol. The average Bonchev–Trinajstić information content (AvgIpc) is 1.57. The van der Waals surface area contributed by atoms with E-state index in [2.05, 4.69) is 62.5 Å². The molecule has 0 saturated carbocycles. The summed E-state index contributed by atoms with van der Waals surface area (Å²) in [6, 6.07) is 11.7. The number of unbranched alkanes of at least 4 members (excludes halogenated alkanes) is 1. The summed E-state index contributed by atoms with van der Waals surface area (Å²) in [5.74, 6) is -7.73. The van der Waals surface area contributed by atoms with Gasteiger partial charge in [0.15, 0.2) is 0 Å². The fourth-order valence-corrected chi connectivity index (χ4v) is 13.8. The van der Waals surface area contributed by atoms with Crippen molar-refractivity contribution in [2.24, 2.45) is 11.5 Å². The van der Waals surface area contributed by atoms with Gasteiger partial charge in [0.25, 0.3) is 0 Å². The third-order valence-corrected chi connectivity index (χ3v) is 19.4. The fourth-order valence-electron chi connectivity index (χ4n) is 11.9. The molecule has 520 valence electrons. The van der Waals surface area contributed by atoms with Gasteiger partial charge in [0.05, 0.1) is 12.9 Å². The van der Waals surface area contributed by atoms with Crippen LogP contribution < -0.4 is 54.0 Å². The largest absolute Gasteiger partial charge is 0.508 e. The number of carbonyl (C=O) groups excluding carboxylic acids is 10. The zero-order valence-corrected chi connectivity index (χ0v) is 55.7. The van der Waals surface area contributed by atoms with E-state index in [4.69, 9.17) is 11.5 Å². The maximum Gasteiger partial charge on any atom is 0.246 e. The van der Waals surface area contributed by atoms with Crippen LogP contribution in [-0.2, 0) is 85.1 Å². The molecule has 1 saturated heterocycles. The second-order valence-corrected chi connectivity index (χ2v) is 26.8. The number of H-pyrrole nitrogens is 3. The SMILES string of the molecule is C[C@@H]1NC(=O)[C@H](Cc2c[nH]c3ccc(F)cc23)NC(=O)[C@H](Cc2c[nH]c3ccc(F)cc23)NC(=O)CNC(=O)[C@H](CCCCN)NC(=O)CCSCc2cccc(c2)CSC[C@@H](C(N)=O)NC(=O)[C@]2(C)CCCN2C(=O)[C@H](Cc2ccc(O)cc2)NC(=O)[C@H](Cc2cnc[nH]2)NC1=O. The molecular formula is C68H81F2N15O11S2. The summed E-state index contributed by atoms with van der Waals surface area (Å²) in [7, 11) is 0. The number of hydrogen-bond donors (Lipinski definition) is 14. The molecule has 7 aromatic rings. The summed E-state index contributed by atoms with van der Waals surface area (Å²) < 4.78 is 29.7. The maximum absolute atomic E-state index is 15.2. The van der Waals surface area contributed by atoms with Crippen LogP contribution in [0.4, 0.5) is 8.78 Å². The highest BCUT2D eigenvalue weighted by Gasteiger charge is 2.48. The highest BCUT2D eigenvalue weighted by atomic mass is 32.2. The Morgan fingerprint density at radius 3 is 1.90 bits per heavy atom. The van der Waals surface area contributed by atoms with Crippen LogP contribution in [0.5, 0.6) is 5.75 Å². The molecule has 0 radical (unpaired) electrons.